The van der Waals surface area contributed by atoms with Gasteiger partial charge in [-0.3, -0.25) is 9.59 Å². The second-order valence-corrected chi connectivity index (χ2v) is 9.70. The third-order valence-electron chi connectivity index (χ3n) is 6.48. The van der Waals surface area contributed by atoms with Crippen LogP contribution >= 0.6 is 0 Å². The molecule has 1 aromatic carbocycles. The highest BCUT2D eigenvalue weighted by Crippen LogP contribution is 2.38. The molecule has 1 aliphatic rings. The summed E-state index contributed by atoms with van der Waals surface area (Å²) in [5.74, 6) is -0.689. The fraction of sp³-hybridized carbons (Fsp3) is 0.586. The van der Waals surface area contributed by atoms with Gasteiger partial charge in [0.1, 0.15) is 6.10 Å². The Morgan fingerprint density at radius 2 is 1.94 bits per heavy atom. The van der Waals surface area contributed by atoms with Gasteiger partial charge in [0.05, 0.1) is 18.1 Å². The SMILES string of the molecule is CCNC(=O)CCCC=CCC1C(OC(=O)C(C)C)CC(O)C1C=CC(O)CCc1ccccc1. The topological polar surface area (TPSA) is 95.9 Å². The predicted octanol–water partition coefficient (Wildman–Crippen LogP) is 4.35. The Hall–Kier alpha value is -2.44. The van der Waals surface area contributed by atoms with Crippen molar-refractivity contribution in [1.29, 1.82) is 0 Å². The molecular weight excluding hydrogens is 442 g/mol. The van der Waals surface area contributed by atoms with E-state index in [2.05, 4.69) is 17.5 Å². The quantitative estimate of drug-likeness (QED) is 0.207. The molecule has 1 fully saturated rings. The van der Waals surface area contributed by atoms with E-state index in [0.717, 1.165) is 19.3 Å². The number of carbonyl (C=O) groups is 2. The lowest BCUT2D eigenvalue weighted by Crippen LogP contribution is -2.27. The van der Waals surface area contributed by atoms with Crippen molar-refractivity contribution in [2.75, 3.05) is 6.54 Å². The van der Waals surface area contributed by atoms with Crippen molar-refractivity contribution < 1.29 is 24.5 Å². The number of esters is 1. The van der Waals surface area contributed by atoms with Crippen molar-refractivity contribution in [2.45, 2.75) is 84.0 Å². The summed E-state index contributed by atoms with van der Waals surface area (Å²) in [6.45, 7) is 6.16. The summed E-state index contributed by atoms with van der Waals surface area (Å²) in [4.78, 5) is 23.8. The molecule has 194 valence electrons. The minimum atomic E-state index is -0.631. The number of aryl methyl sites for hydroxylation is 1. The summed E-state index contributed by atoms with van der Waals surface area (Å²) in [7, 11) is 0. The van der Waals surface area contributed by atoms with Crippen molar-refractivity contribution in [2.24, 2.45) is 17.8 Å². The normalized spacial score (nSPS) is 23.3. The van der Waals surface area contributed by atoms with Gasteiger partial charge in [-0.1, -0.05) is 68.5 Å². The monoisotopic (exact) mass is 485 g/mol. The second kappa shape index (κ2) is 15.5. The zero-order valence-electron chi connectivity index (χ0n) is 21.4. The maximum absolute atomic E-state index is 12.3. The van der Waals surface area contributed by atoms with E-state index >= 15 is 0 Å². The fourth-order valence-corrected chi connectivity index (χ4v) is 4.45. The van der Waals surface area contributed by atoms with Crippen molar-refractivity contribution >= 4 is 11.9 Å². The number of hydrogen-bond donors (Lipinski definition) is 3. The molecule has 5 atom stereocenters. The number of carbonyl (C=O) groups excluding carboxylic acids is 2. The summed E-state index contributed by atoms with van der Waals surface area (Å²) < 4.78 is 5.75. The molecule has 0 aliphatic heterocycles. The van der Waals surface area contributed by atoms with Gasteiger partial charge in [0.25, 0.3) is 0 Å². The highest BCUT2D eigenvalue weighted by atomic mass is 16.5. The number of nitrogens with one attached hydrogen (secondary N) is 1. The molecule has 2 rings (SSSR count). The van der Waals surface area contributed by atoms with Crippen LogP contribution in [0.1, 0.15) is 64.9 Å². The molecule has 0 radical (unpaired) electrons. The minimum Gasteiger partial charge on any atom is -0.462 e. The van der Waals surface area contributed by atoms with Gasteiger partial charge in [-0.2, -0.15) is 0 Å². The number of unbranched alkanes of at least 4 members (excludes halogenated alkanes) is 1. The Labute approximate surface area is 210 Å². The molecule has 1 saturated carbocycles. The molecule has 1 amide bonds. The van der Waals surface area contributed by atoms with Crippen LogP contribution in [0.25, 0.3) is 0 Å². The maximum Gasteiger partial charge on any atom is 0.308 e. The van der Waals surface area contributed by atoms with Gasteiger partial charge in [-0.25, -0.2) is 0 Å². The van der Waals surface area contributed by atoms with Gasteiger partial charge < -0.3 is 20.3 Å². The van der Waals surface area contributed by atoms with E-state index in [0.29, 0.717) is 32.2 Å². The minimum absolute atomic E-state index is 0.0649. The van der Waals surface area contributed by atoms with E-state index in [9.17, 15) is 19.8 Å². The molecule has 0 saturated heterocycles. The van der Waals surface area contributed by atoms with E-state index in [1.807, 2.05) is 43.3 Å². The number of rotatable bonds is 14. The standard InChI is InChI=1S/C29H43NO5/c1-4-30-28(33)15-11-6-5-10-14-25-24(26(32)20-27(25)35-29(34)21(2)3)19-18-23(31)17-16-22-12-8-7-9-13-22/h5,7-10,12-13,18-19,21,23-27,31-32H,4,6,11,14-17,20H2,1-3H3,(H,30,33). The Balaban J connectivity index is 1.97. The molecule has 0 spiro atoms. The molecule has 1 aliphatic carbocycles. The molecule has 3 N–H and O–H groups in total. The third kappa shape index (κ3) is 10.4. The lowest BCUT2D eigenvalue weighted by Gasteiger charge is -2.23. The lowest BCUT2D eigenvalue weighted by atomic mass is 9.89. The van der Waals surface area contributed by atoms with E-state index in [1.54, 1.807) is 19.9 Å². The number of ether oxygens (including phenoxy) is 1. The van der Waals surface area contributed by atoms with Crippen LogP contribution in [-0.2, 0) is 20.7 Å². The van der Waals surface area contributed by atoms with Crippen LogP contribution in [-0.4, -0.2) is 46.9 Å². The Kier molecular flexibility index (Phi) is 12.8. The van der Waals surface area contributed by atoms with Crippen LogP contribution in [0.4, 0.5) is 0 Å². The van der Waals surface area contributed by atoms with Gasteiger partial charge in [0.15, 0.2) is 0 Å². The summed E-state index contributed by atoms with van der Waals surface area (Å²) >= 11 is 0. The number of amides is 1. The number of aliphatic hydroxyl groups is 2. The zero-order valence-corrected chi connectivity index (χ0v) is 21.4. The molecule has 1 aromatic rings. The zero-order chi connectivity index (χ0) is 25.6. The maximum atomic E-state index is 12.3. The van der Waals surface area contributed by atoms with Crippen molar-refractivity contribution in [3.8, 4) is 0 Å². The van der Waals surface area contributed by atoms with Crippen molar-refractivity contribution in [3.63, 3.8) is 0 Å². The van der Waals surface area contributed by atoms with Gasteiger partial charge in [-0.05, 0) is 44.6 Å². The number of hydrogen-bond acceptors (Lipinski definition) is 5. The van der Waals surface area contributed by atoms with E-state index in [-0.39, 0.29) is 35.7 Å². The van der Waals surface area contributed by atoms with E-state index in [1.165, 1.54) is 5.56 Å². The van der Waals surface area contributed by atoms with Crippen LogP contribution in [0.3, 0.4) is 0 Å². The highest BCUT2D eigenvalue weighted by Gasteiger charge is 2.42. The summed E-state index contributed by atoms with van der Waals surface area (Å²) in [6, 6.07) is 10.0. The van der Waals surface area contributed by atoms with E-state index in [4.69, 9.17) is 4.74 Å². The largest absolute Gasteiger partial charge is 0.462 e. The Bertz CT molecular complexity index is 820. The van der Waals surface area contributed by atoms with Crippen LogP contribution in [0, 0.1) is 17.8 Å². The molecular formula is C29H43NO5. The van der Waals surface area contributed by atoms with Gasteiger partial charge in [0.2, 0.25) is 5.91 Å². The molecule has 35 heavy (non-hydrogen) atoms. The predicted molar refractivity (Wildman–Crippen MR) is 139 cm³/mol. The lowest BCUT2D eigenvalue weighted by molar-refractivity contribution is -0.154. The molecule has 6 nitrogen and oxygen atoms in total. The number of allylic oxidation sites excluding steroid dienone is 2. The summed E-state index contributed by atoms with van der Waals surface area (Å²) in [6.07, 6.45) is 10.7. The average molecular weight is 486 g/mol. The van der Waals surface area contributed by atoms with Crippen LogP contribution < -0.4 is 5.32 Å². The first-order valence-electron chi connectivity index (χ1n) is 13.0. The average Bonchev–Trinajstić information content (AvgIpc) is 3.12. The highest BCUT2D eigenvalue weighted by molar-refractivity contribution is 5.75. The second-order valence-electron chi connectivity index (χ2n) is 9.70. The molecule has 6 heteroatoms. The first-order valence-corrected chi connectivity index (χ1v) is 13.0. The smallest absolute Gasteiger partial charge is 0.308 e. The third-order valence-corrected chi connectivity index (χ3v) is 6.48. The van der Waals surface area contributed by atoms with Crippen LogP contribution in [0.15, 0.2) is 54.6 Å². The van der Waals surface area contributed by atoms with Gasteiger partial charge >= 0.3 is 5.97 Å². The van der Waals surface area contributed by atoms with Crippen molar-refractivity contribution in [3.05, 3.63) is 60.2 Å². The molecule has 0 bridgehead atoms. The first-order chi connectivity index (χ1) is 16.8. The molecule has 5 unspecified atom stereocenters. The summed E-state index contributed by atoms with van der Waals surface area (Å²) in [5.41, 5.74) is 1.18. The number of aliphatic hydroxyl groups excluding tert-OH is 2. The van der Waals surface area contributed by atoms with Crippen LogP contribution in [0.2, 0.25) is 0 Å². The van der Waals surface area contributed by atoms with Gasteiger partial charge in [0, 0.05) is 31.2 Å². The first kappa shape index (κ1) is 28.8. The molecule has 0 heterocycles. The van der Waals surface area contributed by atoms with Gasteiger partial charge in [-0.15, -0.1) is 0 Å². The van der Waals surface area contributed by atoms with E-state index < -0.39 is 12.2 Å². The van der Waals surface area contributed by atoms with Crippen LogP contribution in [0.5, 0.6) is 0 Å². The summed E-state index contributed by atoms with van der Waals surface area (Å²) in [5, 5.41) is 24.0. The van der Waals surface area contributed by atoms with Crippen molar-refractivity contribution in [1.82, 2.24) is 5.32 Å². The fourth-order valence-electron chi connectivity index (χ4n) is 4.45. The Morgan fingerprint density at radius 3 is 2.63 bits per heavy atom. The molecule has 0 aromatic heterocycles. The Morgan fingerprint density at radius 1 is 1.20 bits per heavy atom. The number of benzene rings is 1.